The molecule has 1 aliphatic carbocycles. The van der Waals surface area contributed by atoms with Crippen molar-refractivity contribution in [1.82, 2.24) is 0 Å². The molecule has 27 heavy (non-hydrogen) atoms. The minimum atomic E-state index is -0.325. The van der Waals surface area contributed by atoms with Crippen LogP contribution in [0.1, 0.15) is 37.6 Å². The summed E-state index contributed by atoms with van der Waals surface area (Å²) in [5.74, 6) is -0.447. The second kappa shape index (κ2) is 8.93. The van der Waals surface area contributed by atoms with Crippen molar-refractivity contribution in [3.63, 3.8) is 0 Å². The minimum absolute atomic E-state index is 0. The molecule has 2 nitrogen and oxygen atoms in total. The van der Waals surface area contributed by atoms with Crippen molar-refractivity contribution in [2.24, 2.45) is 0 Å². The zero-order chi connectivity index (χ0) is 18.8. The molecule has 0 fully saturated rings. The normalized spacial score (nSPS) is 12.7. The molecule has 4 rings (SSSR count). The van der Waals surface area contributed by atoms with Gasteiger partial charge >= 0.3 is 0 Å². The Bertz CT molecular complexity index is 1000. The lowest BCUT2D eigenvalue weighted by Gasteiger charge is -2.16. The van der Waals surface area contributed by atoms with Crippen LogP contribution in [0.3, 0.4) is 0 Å². The van der Waals surface area contributed by atoms with Gasteiger partial charge in [-0.1, -0.05) is 51.4 Å². The number of phenols is 1. The molecular weight excluding hydrogens is 482 g/mol. The lowest BCUT2D eigenvalue weighted by atomic mass is 9.90. The van der Waals surface area contributed by atoms with Crippen molar-refractivity contribution < 1.29 is 20.1 Å². The van der Waals surface area contributed by atoms with Crippen LogP contribution in [0, 0.1) is 11.6 Å². The molecule has 0 radical (unpaired) electrons. The van der Waals surface area contributed by atoms with Gasteiger partial charge in [-0.15, -0.1) is 0 Å². The Morgan fingerprint density at radius 2 is 1.59 bits per heavy atom. The van der Waals surface area contributed by atoms with Gasteiger partial charge in [0.15, 0.2) is 5.78 Å². The van der Waals surface area contributed by atoms with Crippen LogP contribution in [0.2, 0.25) is 0 Å². The van der Waals surface area contributed by atoms with Crippen LogP contribution in [0.25, 0.3) is 10.8 Å². The summed E-state index contributed by atoms with van der Waals surface area (Å²) in [4.78, 5) is 11.5. The number of fused-ring (bicyclic) bond motifs is 2. The molecule has 0 spiro atoms. The topological polar surface area (TPSA) is 37.3 Å². The lowest BCUT2D eigenvalue weighted by molar-refractivity contribution is 0.0970. The first kappa shape index (κ1) is 21.5. The Morgan fingerprint density at radius 3 is 2.26 bits per heavy atom. The number of hydrogen-bond donors (Lipinski definition) is 1. The summed E-state index contributed by atoms with van der Waals surface area (Å²) in [6, 6.07) is 10.7. The van der Waals surface area contributed by atoms with Crippen LogP contribution < -0.4 is 0 Å². The van der Waals surface area contributed by atoms with E-state index in [9.17, 15) is 18.7 Å². The molecule has 0 unspecified atom stereocenters. The van der Waals surface area contributed by atoms with E-state index in [0.717, 1.165) is 6.42 Å². The molecule has 0 bridgehead atoms. The second-order valence-corrected chi connectivity index (χ2v) is 7.60. The fourth-order valence-corrected chi connectivity index (χ4v) is 4.14. The van der Waals surface area contributed by atoms with E-state index in [0.29, 0.717) is 43.7 Å². The van der Waals surface area contributed by atoms with Crippen molar-refractivity contribution >= 4 is 48.4 Å². The summed E-state index contributed by atoms with van der Waals surface area (Å²) in [7, 11) is 0. The SMILES string of the molecule is C.O=C1CCCc2c(F)ccc(Br)c21.Oc1cccc2c(F)ccc(Br)c12.[2HH]. The number of carbonyl (C=O) groups excluding carboxylic acids is 1. The molecular formula is C21H20Br2F2O2. The van der Waals surface area contributed by atoms with Crippen molar-refractivity contribution in [3.05, 3.63) is 74.2 Å². The predicted octanol–water partition coefficient (Wildman–Crippen LogP) is 7.44. The summed E-state index contributed by atoms with van der Waals surface area (Å²) < 4.78 is 27.9. The first-order valence-corrected chi connectivity index (χ1v) is 9.54. The van der Waals surface area contributed by atoms with Crippen molar-refractivity contribution in [1.29, 1.82) is 0 Å². The quantitative estimate of drug-likeness (QED) is 0.347. The fraction of sp³-hybridized carbons (Fsp3) is 0.190. The molecule has 0 saturated carbocycles. The van der Waals surface area contributed by atoms with Crippen LogP contribution in [0.15, 0.2) is 51.4 Å². The molecule has 3 aromatic rings. The van der Waals surface area contributed by atoms with E-state index in [2.05, 4.69) is 31.9 Å². The fourth-order valence-electron chi connectivity index (χ4n) is 3.00. The van der Waals surface area contributed by atoms with E-state index < -0.39 is 0 Å². The Balaban J connectivity index is 0.000000261. The maximum absolute atomic E-state index is 13.3. The van der Waals surface area contributed by atoms with E-state index in [-0.39, 0.29) is 32.0 Å². The van der Waals surface area contributed by atoms with Gasteiger partial charge in [0.05, 0.1) is 0 Å². The predicted molar refractivity (Wildman–Crippen MR) is 113 cm³/mol. The van der Waals surface area contributed by atoms with Gasteiger partial charge in [-0.05, 0) is 48.7 Å². The summed E-state index contributed by atoms with van der Waals surface area (Å²) >= 11 is 6.52. The van der Waals surface area contributed by atoms with Gasteiger partial charge < -0.3 is 5.11 Å². The molecule has 0 atom stereocenters. The number of rotatable bonds is 0. The Hall–Kier alpha value is -1.79. The monoisotopic (exact) mass is 501 g/mol. The molecule has 0 amide bonds. The van der Waals surface area contributed by atoms with E-state index in [4.69, 9.17) is 0 Å². The Kier molecular flexibility index (Phi) is 7.12. The smallest absolute Gasteiger partial charge is 0.164 e. The highest BCUT2D eigenvalue weighted by atomic mass is 79.9. The van der Waals surface area contributed by atoms with Crippen LogP contribution >= 0.6 is 31.9 Å². The highest BCUT2D eigenvalue weighted by molar-refractivity contribution is 9.11. The number of benzene rings is 3. The first-order chi connectivity index (χ1) is 12.4. The lowest BCUT2D eigenvalue weighted by Crippen LogP contribution is -2.13. The third kappa shape index (κ3) is 4.38. The molecule has 3 aromatic carbocycles. The van der Waals surface area contributed by atoms with Gasteiger partial charge in [0.1, 0.15) is 17.4 Å². The summed E-state index contributed by atoms with van der Waals surface area (Å²) in [5, 5.41) is 10.4. The number of Topliss-reactive ketones (excluding diaryl/α,β-unsaturated/α-hetero) is 1. The number of carbonyl (C=O) groups is 1. The average Bonchev–Trinajstić information content (AvgIpc) is 2.62. The van der Waals surface area contributed by atoms with Gasteiger partial charge in [-0.25, -0.2) is 8.78 Å². The van der Waals surface area contributed by atoms with Gasteiger partial charge in [0, 0.05) is 33.1 Å². The second-order valence-electron chi connectivity index (χ2n) is 5.89. The van der Waals surface area contributed by atoms with E-state index in [1.165, 1.54) is 18.2 Å². The number of hydrogen-bond acceptors (Lipinski definition) is 2. The molecule has 0 heterocycles. The average molecular weight is 503 g/mol. The summed E-state index contributed by atoms with van der Waals surface area (Å²) in [5.41, 5.74) is 1.12. The van der Waals surface area contributed by atoms with Gasteiger partial charge in [-0.2, -0.15) is 0 Å². The zero-order valence-electron chi connectivity index (χ0n) is 13.5. The molecule has 144 valence electrons. The Morgan fingerprint density at radius 1 is 0.926 bits per heavy atom. The van der Waals surface area contributed by atoms with E-state index >= 15 is 0 Å². The van der Waals surface area contributed by atoms with Crippen molar-refractivity contribution in [2.75, 3.05) is 0 Å². The summed E-state index contributed by atoms with van der Waals surface area (Å²) in [6.45, 7) is 0. The van der Waals surface area contributed by atoms with Crippen LogP contribution in [-0.2, 0) is 6.42 Å². The molecule has 0 aliphatic heterocycles. The standard InChI is InChI=1S/C10H8BrFO.C10H6BrFO.CH4.H2/c2*11-7-4-5-8(12)6-2-1-3-9(13)10(6)7;;/h4-5H,1-3H2;1-5,13H;1H4;1H/i;;;1+1. The number of ketones is 1. The molecule has 0 saturated heterocycles. The van der Waals surface area contributed by atoms with Crippen LogP contribution in [0.5, 0.6) is 5.75 Å². The Labute approximate surface area is 175 Å². The molecule has 1 aliphatic rings. The zero-order valence-corrected chi connectivity index (χ0v) is 16.7. The van der Waals surface area contributed by atoms with Gasteiger partial charge in [-0.3, -0.25) is 4.79 Å². The van der Waals surface area contributed by atoms with Crippen molar-refractivity contribution in [3.8, 4) is 5.75 Å². The first-order valence-electron chi connectivity index (χ1n) is 7.96. The van der Waals surface area contributed by atoms with Crippen LogP contribution in [0.4, 0.5) is 8.78 Å². The summed E-state index contributed by atoms with van der Waals surface area (Å²) in [6.07, 6.45) is 1.97. The molecule has 0 aromatic heterocycles. The highest BCUT2D eigenvalue weighted by Gasteiger charge is 2.22. The highest BCUT2D eigenvalue weighted by Crippen LogP contribution is 2.33. The third-order valence-electron chi connectivity index (χ3n) is 4.23. The minimum Gasteiger partial charge on any atom is -0.507 e. The van der Waals surface area contributed by atoms with Crippen molar-refractivity contribution in [2.45, 2.75) is 26.7 Å². The molecule has 6 heteroatoms. The van der Waals surface area contributed by atoms with Gasteiger partial charge in [0.2, 0.25) is 0 Å². The number of halogens is 4. The van der Waals surface area contributed by atoms with Gasteiger partial charge in [0.25, 0.3) is 0 Å². The largest absolute Gasteiger partial charge is 0.507 e. The maximum Gasteiger partial charge on any atom is 0.164 e. The number of phenolic OH excluding ortho intramolecular Hbond substituents is 1. The van der Waals surface area contributed by atoms with E-state index in [1.54, 1.807) is 24.3 Å². The van der Waals surface area contributed by atoms with E-state index in [1.807, 2.05) is 0 Å². The number of aromatic hydroxyl groups is 1. The third-order valence-corrected chi connectivity index (χ3v) is 5.55. The molecule has 1 N–H and O–H groups in total. The van der Waals surface area contributed by atoms with Crippen LogP contribution in [-0.4, -0.2) is 10.9 Å². The maximum atomic E-state index is 13.3.